The first-order valence-corrected chi connectivity index (χ1v) is 7.47. The highest BCUT2D eigenvalue weighted by atomic mass is 35.5. The molecular weight excluding hydrogens is 301 g/mol. The van der Waals surface area contributed by atoms with Crippen molar-refractivity contribution in [3.8, 4) is 0 Å². The molecule has 0 fully saturated rings. The summed E-state index contributed by atoms with van der Waals surface area (Å²) in [7, 11) is 0. The lowest BCUT2D eigenvalue weighted by atomic mass is 9.98. The zero-order valence-corrected chi connectivity index (χ0v) is 12.8. The predicted octanol–water partition coefficient (Wildman–Crippen LogP) is 4.92. The molecule has 0 amide bonds. The van der Waals surface area contributed by atoms with Gasteiger partial charge in [0, 0.05) is 28.3 Å². The molecule has 3 rings (SSSR count). The normalized spacial score (nSPS) is 12.1. The number of rotatable bonds is 3. The van der Waals surface area contributed by atoms with E-state index in [9.17, 15) is 0 Å². The molecule has 1 nitrogen and oxygen atoms in total. The molecule has 1 unspecified atom stereocenters. The van der Waals surface area contributed by atoms with Crippen molar-refractivity contribution in [3.05, 3.63) is 100 Å². The number of aromatic nitrogens is 1. The first kappa shape index (κ1) is 14.1. The molecule has 2 aromatic carbocycles. The van der Waals surface area contributed by atoms with Gasteiger partial charge in [0.15, 0.2) is 12.4 Å². The lowest BCUT2D eigenvalue weighted by molar-refractivity contribution is -0.704. The summed E-state index contributed by atoms with van der Waals surface area (Å²) in [5, 5.41) is 1.32. The molecule has 1 aromatic heterocycles. The van der Waals surface area contributed by atoms with Crippen LogP contribution in [0.3, 0.4) is 0 Å². The molecular formula is C18H14Cl2N+. The van der Waals surface area contributed by atoms with Crippen LogP contribution in [-0.2, 0) is 0 Å². The van der Waals surface area contributed by atoms with E-state index in [0.717, 1.165) is 5.56 Å². The average molecular weight is 315 g/mol. The van der Waals surface area contributed by atoms with E-state index >= 15 is 0 Å². The van der Waals surface area contributed by atoms with Crippen molar-refractivity contribution in [2.75, 3.05) is 0 Å². The van der Waals surface area contributed by atoms with Crippen LogP contribution in [-0.4, -0.2) is 0 Å². The third-order valence-electron chi connectivity index (χ3n) is 3.41. The summed E-state index contributed by atoms with van der Waals surface area (Å²) in [6.07, 6.45) is 4.09. The van der Waals surface area contributed by atoms with E-state index < -0.39 is 0 Å². The van der Waals surface area contributed by atoms with E-state index in [4.69, 9.17) is 23.2 Å². The van der Waals surface area contributed by atoms with Crippen LogP contribution >= 0.6 is 23.2 Å². The van der Waals surface area contributed by atoms with Gasteiger partial charge < -0.3 is 0 Å². The number of pyridine rings is 1. The second-order valence-corrected chi connectivity index (χ2v) is 5.65. The number of halogens is 2. The van der Waals surface area contributed by atoms with E-state index in [1.807, 2.05) is 60.9 Å². The number of hydrogen-bond acceptors (Lipinski definition) is 0. The Hall–Kier alpha value is -1.83. The van der Waals surface area contributed by atoms with Crippen LogP contribution in [0.1, 0.15) is 17.2 Å². The van der Waals surface area contributed by atoms with E-state index in [1.54, 1.807) is 6.07 Å². The van der Waals surface area contributed by atoms with Crippen LogP contribution in [0.2, 0.25) is 10.0 Å². The maximum atomic E-state index is 6.43. The molecule has 0 bridgehead atoms. The fourth-order valence-corrected chi connectivity index (χ4v) is 2.97. The van der Waals surface area contributed by atoms with E-state index in [2.05, 4.69) is 16.7 Å². The zero-order chi connectivity index (χ0) is 14.7. The quantitative estimate of drug-likeness (QED) is 0.604. The largest absolute Gasteiger partial charge is 0.210 e. The second kappa shape index (κ2) is 6.30. The van der Waals surface area contributed by atoms with E-state index in [-0.39, 0.29) is 6.04 Å². The molecule has 3 heteroatoms. The third-order valence-corrected chi connectivity index (χ3v) is 3.97. The highest BCUT2D eigenvalue weighted by molar-refractivity contribution is 6.35. The van der Waals surface area contributed by atoms with Gasteiger partial charge in [0.25, 0.3) is 0 Å². The topological polar surface area (TPSA) is 3.88 Å². The van der Waals surface area contributed by atoms with Gasteiger partial charge in [0.05, 0.1) is 5.02 Å². The van der Waals surface area contributed by atoms with Crippen LogP contribution in [0.4, 0.5) is 0 Å². The number of benzene rings is 2. The summed E-state index contributed by atoms with van der Waals surface area (Å²) in [4.78, 5) is 0. The number of hydrogen-bond donors (Lipinski definition) is 0. The summed E-state index contributed by atoms with van der Waals surface area (Å²) >= 11 is 12.4. The highest BCUT2D eigenvalue weighted by Crippen LogP contribution is 2.30. The molecule has 0 saturated heterocycles. The Morgan fingerprint density at radius 2 is 1.43 bits per heavy atom. The van der Waals surface area contributed by atoms with E-state index in [0.29, 0.717) is 10.0 Å². The van der Waals surface area contributed by atoms with Crippen LogP contribution in [0, 0.1) is 0 Å². The van der Waals surface area contributed by atoms with Crippen molar-refractivity contribution in [2.45, 2.75) is 6.04 Å². The Bertz CT molecular complexity index is 687. The third kappa shape index (κ3) is 3.10. The molecule has 104 valence electrons. The Kier molecular flexibility index (Phi) is 4.23. The first-order valence-electron chi connectivity index (χ1n) is 6.71. The molecule has 0 radical (unpaired) electrons. The minimum atomic E-state index is 0.0252. The van der Waals surface area contributed by atoms with E-state index in [1.165, 1.54) is 5.56 Å². The lowest BCUT2D eigenvalue weighted by Gasteiger charge is -2.15. The Morgan fingerprint density at radius 3 is 2.10 bits per heavy atom. The predicted molar refractivity (Wildman–Crippen MR) is 86.8 cm³/mol. The summed E-state index contributed by atoms with van der Waals surface area (Å²) in [5.41, 5.74) is 2.21. The van der Waals surface area contributed by atoms with Gasteiger partial charge >= 0.3 is 0 Å². The van der Waals surface area contributed by atoms with Gasteiger partial charge in [0.1, 0.15) is 0 Å². The van der Waals surface area contributed by atoms with Gasteiger partial charge in [-0.1, -0.05) is 59.6 Å². The average Bonchev–Trinajstić information content (AvgIpc) is 2.52. The smallest absolute Gasteiger partial charge is 0.194 e. The van der Waals surface area contributed by atoms with Crippen molar-refractivity contribution in [1.82, 2.24) is 0 Å². The zero-order valence-electron chi connectivity index (χ0n) is 11.3. The second-order valence-electron chi connectivity index (χ2n) is 4.80. The molecule has 1 atom stereocenters. The maximum absolute atomic E-state index is 6.43. The Morgan fingerprint density at radius 1 is 0.762 bits per heavy atom. The van der Waals surface area contributed by atoms with Gasteiger partial charge in [-0.05, 0) is 18.2 Å². The molecule has 1 heterocycles. The standard InChI is InChI=1S/C18H14Cl2N/c19-15-9-10-16(17(20)13-15)18(14-7-3-1-4-8-14)21-11-5-2-6-12-21/h1-13,18H/q+1. The fraction of sp³-hybridized carbons (Fsp3) is 0.0556. The van der Waals surface area contributed by atoms with Gasteiger partial charge in [-0.3, -0.25) is 0 Å². The van der Waals surface area contributed by atoms with Crippen LogP contribution in [0.25, 0.3) is 0 Å². The van der Waals surface area contributed by atoms with Crippen molar-refractivity contribution in [1.29, 1.82) is 0 Å². The molecule has 0 aliphatic rings. The molecule has 21 heavy (non-hydrogen) atoms. The molecule has 0 saturated carbocycles. The summed E-state index contributed by atoms with van der Waals surface area (Å²) in [5.74, 6) is 0. The molecule has 0 spiro atoms. The summed E-state index contributed by atoms with van der Waals surface area (Å²) < 4.78 is 2.14. The van der Waals surface area contributed by atoms with Gasteiger partial charge in [-0.2, -0.15) is 4.57 Å². The summed E-state index contributed by atoms with van der Waals surface area (Å²) in [6.45, 7) is 0. The molecule has 0 aliphatic carbocycles. The monoisotopic (exact) mass is 314 g/mol. The van der Waals surface area contributed by atoms with Gasteiger partial charge in [0.2, 0.25) is 6.04 Å². The molecule has 0 aliphatic heterocycles. The van der Waals surface area contributed by atoms with Crippen LogP contribution < -0.4 is 4.57 Å². The van der Waals surface area contributed by atoms with Crippen LogP contribution in [0.5, 0.6) is 0 Å². The minimum absolute atomic E-state index is 0.0252. The number of nitrogens with zero attached hydrogens (tertiary/aromatic N) is 1. The van der Waals surface area contributed by atoms with Gasteiger partial charge in [-0.15, -0.1) is 0 Å². The Labute approximate surface area is 134 Å². The highest BCUT2D eigenvalue weighted by Gasteiger charge is 2.25. The van der Waals surface area contributed by atoms with Gasteiger partial charge in [-0.25, -0.2) is 0 Å². The van der Waals surface area contributed by atoms with Crippen LogP contribution in [0.15, 0.2) is 79.1 Å². The SMILES string of the molecule is Clc1ccc(C(c2ccccc2)[n+]2ccccc2)c(Cl)c1. The molecule has 0 N–H and O–H groups in total. The Balaban J connectivity index is 2.17. The lowest BCUT2D eigenvalue weighted by Crippen LogP contribution is -2.40. The maximum Gasteiger partial charge on any atom is 0.210 e. The fourth-order valence-electron chi connectivity index (χ4n) is 2.45. The van der Waals surface area contributed by atoms with Crippen molar-refractivity contribution in [2.24, 2.45) is 0 Å². The van der Waals surface area contributed by atoms with Crippen molar-refractivity contribution >= 4 is 23.2 Å². The molecule has 3 aromatic rings. The summed E-state index contributed by atoms with van der Waals surface area (Å²) in [6, 6.07) is 22.0. The minimum Gasteiger partial charge on any atom is -0.194 e. The van der Waals surface area contributed by atoms with Crippen molar-refractivity contribution < 1.29 is 4.57 Å². The first-order chi connectivity index (χ1) is 10.3. The van der Waals surface area contributed by atoms with Crippen molar-refractivity contribution in [3.63, 3.8) is 0 Å².